The molecular formula is C19H25N3O4S. The van der Waals surface area contributed by atoms with E-state index in [4.69, 9.17) is 0 Å². The summed E-state index contributed by atoms with van der Waals surface area (Å²) in [6.07, 6.45) is 2.19. The van der Waals surface area contributed by atoms with Crippen LogP contribution in [0.15, 0.2) is 46.2 Å². The molecule has 8 heteroatoms. The number of rotatable bonds is 8. The predicted octanol–water partition coefficient (Wildman–Crippen LogP) is 2.29. The number of hydrogen-bond acceptors (Lipinski definition) is 4. The number of nitrogens with one attached hydrogen (secondary N) is 2. The zero-order chi connectivity index (χ0) is 20.0. The van der Waals surface area contributed by atoms with Gasteiger partial charge in [0.05, 0.1) is 10.6 Å². The van der Waals surface area contributed by atoms with Crippen LogP contribution in [0.3, 0.4) is 0 Å². The van der Waals surface area contributed by atoms with Gasteiger partial charge in [-0.1, -0.05) is 26.0 Å². The van der Waals surface area contributed by atoms with E-state index in [1.165, 1.54) is 10.5 Å². The molecule has 27 heavy (non-hydrogen) atoms. The van der Waals surface area contributed by atoms with E-state index in [9.17, 15) is 18.0 Å². The molecule has 0 spiro atoms. The first-order valence-electron chi connectivity index (χ1n) is 8.86. The van der Waals surface area contributed by atoms with Crippen LogP contribution in [0.25, 0.3) is 0 Å². The highest BCUT2D eigenvalue weighted by Gasteiger charge is 2.21. The standard InChI is InChI=1S/C19H25N3O4S/c1-4-22(5-2)27(25,26)17-9-6-15(7-10-17)8-11-18(23)21-16-12-14(3)19(24)20-13-16/h6-7,9-10,12-13H,4-5,8,11H2,1-3H3,(H,20,24)(H,21,23). The summed E-state index contributed by atoms with van der Waals surface area (Å²) in [5.41, 5.74) is 1.75. The normalized spacial score (nSPS) is 11.6. The summed E-state index contributed by atoms with van der Waals surface area (Å²) in [5.74, 6) is -0.179. The Hall–Kier alpha value is -2.45. The second-order valence-electron chi connectivity index (χ2n) is 6.18. The molecule has 0 aliphatic carbocycles. The number of aryl methyl sites for hydroxylation is 2. The molecule has 2 rings (SSSR count). The molecule has 0 aliphatic heterocycles. The van der Waals surface area contributed by atoms with Crippen LogP contribution in [-0.4, -0.2) is 36.7 Å². The average Bonchev–Trinajstić information content (AvgIpc) is 2.64. The Balaban J connectivity index is 1.97. The number of H-pyrrole nitrogens is 1. The molecule has 146 valence electrons. The van der Waals surface area contributed by atoms with Gasteiger partial charge in [0.1, 0.15) is 0 Å². The Bertz CT molecular complexity index is 946. The van der Waals surface area contributed by atoms with Crippen molar-refractivity contribution < 1.29 is 13.2 Å². The zero-order valence-electron chi connectivity index (χ0n) is 15.8. The number of carbonyl (C=O) groups is 1. The fraction of sp³-hybridized carbons (Fsp3) is 0.368. The number of aromatic amines is 1. The first-order valence-corrected chi connectivity index (χ1v) is 10.3. The maximum absolute atomic E-state index is 12.5. The molecule has 0 atom stereocenters. The van der Waals surface area contributed by atoms with Crippen molar-refractivity contribution in [1.82, 2.24) is 9.29 Å². The number of carbonyl (C=O) groups excluding carboxylic acids is 1. The monoisotopic (exact) mass is 391 g/mol. The number of nitrogens with zero attached hydrogens (tertiary/aromatic N) is 1. The molecular weight excluding hydrogens is 366 g/mol. The Kier molecular flexibility index (Phi) is 6.92. The summed E-state index contributed by atoms with van der Waals surface area (Å²) in [5, 5.41) is 2.73. The van der Waals surface area contributed by atoms with Gasteiger partial charge in [0.2, 0.25) is 15.9 Å². The van der Waals surface area contributed by atoms with Gasteiger partial charge in [0.25, 0.3) is 5.56 Å². The van der Waals surface area contributed by atoms with Crippen LogP contribution in [0.1, 0.15) is 31.4 Å². The van der Waals surface area contributed by atoms with Crippen LogP contribution in [0.4, 0.5) is 5.69 Å². The van der Waals surface area contributed by atoms with Gasteiger partial charge in [-0.15, -0.1) is 0 Å². The second kappa shape index (κ2) is 8.96. The molecule has 1 aromatic heterocycles. The van der Waals surface area contributed by atoms with Gasteiger partial charge in [0.15, 0.2) is 0 Å². The first-order chi connectivity index (χ1) is 12.8. The van der Waals surface area contributed by atoms with Crippen LogP contribution in [-0.2, 0) is 21.2 Å². The molecule has 1 aromatic carbocycles. The molecule has 7 nitrogen and oxygen atoms in total. The van der Waals surface area contributed by atoms with Gasteiger partial charge in [-0.25, -0.2) is 8.42 Å². The maximum atomic E-state index is 12.5. The smallest absolute Gasteiger partial charge is 0.250 e. The number of pyridine rings is 1. The Morgan fingerprint density at radius 3 is 2.33 bits per heavy atom. The molecule has 0 aliphatic rings. The third-order valence-corrected chi connectivity index (χ3v) is 6.34. The van der Waals surface area contributed by atoms with Crippen LogP contribution >= 0.6 is 0 Å². The molecule has 2 aromatic rings. The van der Waals surface area contributed by atoms with E-state index >= 15 is 0 Å². The number of benzene rings is 1. The van der Waals surface area contributed by atoms with Crippen molar-refractivity contribution in [2.45, 2.75) is 38.5 Å². The van der Waals surface area contributed by atoms with E-state index in [0.717, 1.165) is 5.56 Å². The van der Waals surface area contributed by atoms with Gasteiger partial charge < -0.3 is 10.3 Å². The lowest BCUT2D eigenvalue weighted by Crippen LogP contribution is -2.30. The highest BCUT2D eigenvalue weighted by Crippen LogP contribution is 2.17. The Morgan fingerprint density at radius 1 is 1.15 bits per heavy atom. The van der Waals surface area contributed by atoms with Gasteiger partial charge in [-0.05, 0) is 37.1 Å². The lowest BCUT2D eigenvalue weighted by molar-refractivity contribution is -0.116. The fourth-order valence-corrected chi connectivity index (χ4v) is 4.15. The Labute approximate surface area is 159 Å². The van der Waals surface area contributed by atoms with Crippen molar-refractivity contribution in [2.24, 2.45) is 0 Å². The minimum absolute atomic E-state index is 0.179. The molecule has 0 radical (unpaired) electrons. The fourth-order valence-electron chi connectivity index (χ4n) is 2.69. The summed E-state index contributed by atoms with van der Waals surface area (Å²) in [7, 11) is -3.47. The highest BCUT2D eigenvalue weighted by molar-refractivity contribution is 7.89. The van der Waals surface area contributed by atoms with Crippen molar-refractivity contribution >= 4 is 21.6 Å². The lowest BCUT2D eigenvalue weighted by atomic mass is 10.1. The molecule has 0 unspecified atom stereocenters. The first kappa shape index (κ1) is 20.9. The number of aromatic nitrogens is 1. The van der Waals surface area contributed by atoms with E-state index in [2.05, 4.69) is 10.3 Å². The van der Waals surface area contributed by atoms with Crippen molar-refractivity contribution in [3.63, 3.8) is 0 Å². The number of hydrogen-bond donors (Lipinski definition) is 2. The molecule has 1 amide bonds. The molecule has 0 saturated carbocycles. The van der Waals surface area contributed by atoms with Gasteiger partial charge in [-0.2, -0.15) is 4.31 Å². The summed E-state index contributed by atoms with van der Waals surface area (Å²) in [6, 6.07) is 8.23. The van der Waals surface area contributed by atoms with E-state index in [1.54, 1.807) is 51.1 Å². The van der Waals surface area contributed by atoms with Gasteiger partial charge in [-0.3, -0.25) is 9.59 Å². The quantitative estimate of drug-likeness (QED) is 0.721. The lowest BCUT2D eigenvalue weighted by Gasteiger charge is -2.18. The average molecular weight is 391 g/mol. The second-order valence-corrected chi connectivity index (χ2v) is 8.12. The van der Waals surface area contributed by atoms with Crippen LogP contribution in [0.5, 0.6) is 0 Å². The summed E-state index contributed by atoms with van der Waals surface area (Å²) >= 11 is 0. The Morgan fingerprint density at radius 2 is 1.78 bits per heavy atom. The third-order valence-electron chi connectivity index (χ3n) is 4.28. The van der Waals surface area contributed by atoms with Gasteiger partial charge in [0, 0.05) is 31.3 Å². The highest BCUT2D eigenvalue weighted by atomic mass is 32.2. The van der Waals surface area contributed by atoms with Crippen LogP contribution in [0.2, 0.25) is 0 Å². The van der Waals surface area contributed by atoms with E-state index in [0.29, 0.717) is 30.8 Å². The SMILES string of the molecule is CCN(CC)S(=O)(=O)c1ccc(CCC(=O)Nc2c[nH]c(=O)c(C)c2)cc1. The maximum Gasteiger partial charge on any atom is 0.250 e. The number of anilines is 1. The number of sulfonamides is 1. The summed E-state index contributed by atoms with van der Waals surface area (Å²) in [4.78, 5) is 26.2. The largest absolute Gasteiger partial charge is 0.327 e. The topological polar surface area (TPSA) is 99.3 Å². The van der Waals surface area contributed by atoms with Crippen molar-refractivity contribution in [1.29, 1.82) is 0 Å². The molecule has 0 fully saturated rings. The minimum Gasteiger partial charge on any atom is -0.327 e. The van der Waals surface area contributed by atoms with E-state index in [1.807, 2.05) is 0 Å². The minimum atomic E-state index is -3.47. The molecule has 0 saturated heterocycles. The van der Waals surface area contributed by atoms with E-state index in [-0.39, 0.29) is 22.8 Å². The van der Waals surface area contributed by atoms with Crippen molar-refractivity contribution in [2.75, 3.05) is 18.4 Å². The molecule has 1 heterocycles. The van der Waals surface area contributed by atoms with Crippen LogP contribution in [0, 0.1) is 6.92 Å². The van der Waals surface area contributed by atoms with Crippen LogP contribution < -0.4 is 10.9 Å². The van der Waals surface area contributed by atoms with E-state index < -0.39 is 10.0 Å². The van der Waals surface area contributed by atoms with Crippen molar-refractivity contribution in [3.05, 3.63) is 58.0 Å². The molecule has 0 bridgehead atoms. The zero-order valence-corrected chi connectivity index (χ0v) is 16.6. The summed E-state index contributed by atoms with van der Waals surface area (Å²) < 4.78 is 26.3. The summed E-state index contributed by atoms with van der Waals surface area (Å²) in [6.45, 7) is 6.12. The predicted molar refractivity (Wildman–Crippen MR) is 105 cm³/mol. The third kappa shape index (κ3) is 5.27. The van der Waals surface area contributed by atoms with Crippen molar-refractivity contribution in [3.8, 4) is 0 Å². The van der Waals surface area contributed by atoms with Gasteiger partial charge >= 0.3 is 0 Å². The molecule has 2 N–H and O–H groups in total. The number of amides is 1.